The summed E-state index contributed by atoms with van der Waals surface area (Å²) in [7, 11) is 0. The molecule has 2 aliphatic heterocycles. The van der Waals surface area contributed by atoms with Crippen molar-refractivity contribution in [3.63, 3.8) is 0 Å². The minimum atomic E-state index is -0.477. The zero-order valence-corrected chi connectivity index (χ0v) is 16.9. The zero-order valence-electron chi connectivity index (χ0n) is 16.9. The van der Waals surface area contributed by atoms with Gasteiger partial charge >= 0.3 is 0 Å². The highest BCUT2D eigenvalue weighted by Gasteiger charge is 2.43. The minimum Gasteiger partial charge on any atom is -0.352 e. The smallest absolute Gasteiger partial charge is 0.165 e. The van der Waals surface area contributed by atoms with Crippen LogP contribution >= 0.6 is 0 Å². The Balaban J connectivity index is 1.42. The normalized spacial score (nSPS) is 43.1. The molecule has 0 atom stereocenters. The van der Waals surface area contributed by atoms with Crippen LogP contribution in [0.2, 0.25) is 0 Å². The monoisotopic (exact) mass is 354 g/mol. The van der Waals surface area contributed by atoms with Crippen molar-refractivity contribution in [3.05, 3.63) is 0 Å². The van der Waals surface area contributed by atoms with Gasteiger partial charge in [-0.1, -0.05) is 27.7 Å². The van der Waals surface area contributed by atoms with Crippen LogP contribution in [-0.2, 0) is 18.9 Å². The van der Waals surface area contributed by atoms with Crippen LogP contribution < -0.4 is 0 Å². The fraction of sp³-hybridized carbons (Fsp3) is 1.00. The van der Waals surface area contributed by atoms with Crippen molar-refractivity contribution < 1.29 is 18.9 Å². The Hall–Kier alpha value is -0.160. The average molecular weight is 355 g/mol. The highest BCUT2D eigenvalue weighted by molar-refractivity contribution is 4.90. The summed E-state index contributed by atoms with van der Waals surface area (Å²) in [6.45, 7) is 14.5. The molecule has 4 nitrogen and oxygen atoms in total. The van der Waals surface area contributed by atoms with E-state index in [1.807, 2.05) is 6.92 Å². The lowest BCUT2D eigenvalue weighted by Crippen LogP contribution is -2.47. The van der Waals surface area contributed by atoms with Gasteiger partial charge in [0.2, 0.25) is 0 Å². The van der Waals surface area contributed by atoms with Gasteiger partial charge < -0.3 is 18.9 Å². The third-order valence-corrected chi connectivity index (χ3v) is 6.70. The lowest BCUT2D eigenvalue weighted by molar-refractivity contribution is -0.288. The molecule has 2 heterocycles. The van der Waals surface area contributed by atoms with Gasteiger partial charge in [0.25, 0.3) is 0 Å². The third-order valence-electron chi connectivity index (χ3n) is 6.70. The molecule has 25 heavy (non-hydrogen) atoms. The fourth-order valence-corrected chi connectivity index (χ4v) is 4.41. The molecular weight excluding hydrogens is 316 g/mol. The molecule has 2 saturated heterocycles. The van der Waals surface area contributed by atoms with E-state index in [-0.39, 0.29) is 11.7 Å². The number of ether oxygens (including phenoxy) is 4. The number of rotatable bonds is 4. The van der Waals surface area contributed by atoms with E-state index < -0.39 is 5.79 Å². The molecule has 0 unspecified atom stereocenters. The maximum absolute atomic E-state index is 6.12. The summed E-state index contributed by atoms with van der Waals surface area (Å²) in [5.41, 5.74) is 0.683. The number of hydrogen-bond donors (Lipinski definition) is 0. The Bertz CT molecular complexity index is 421. The highest BCUT2D eigenvalue weighted by atomic mass is 16.7. The first-order valence-electron chi connectivity index (χ1n) is 10.2. The van der Waals surface area contributed by atoms with Gasteiger partial charge in [0.05, 0.1) is 26.4 Å². The van der Waals surface area contributed by atoms with Crippen molar-refractivity contribution in [2.45, 2.75) is 85.2 Å². The first kappa shape index (κ1) is 19.6. The van der Waals surface area contributed by atoms with Crippen molar-refractivity contribution in [2.24, 2.45) is 22.7 Å². The molecule has 1 aliphatic carbocycles. The molecule has 0 N–H and O–H groups in total. The van der Waals surface area contributed by atoms with Crippen LogP contribution in [0.4, 0.5) is 0 Å². The van der Waals surface area contributed by atoms with E-state index in [4.69, 9.17) is 18.9 Å². The molecule has 1 saturated carbocycles. The summed E-state index contributed by atoms with van der Waals surface area (Å²) in [6.07, 6.45) is 6.79. The van der Waals surface area contributed by atoms with Crippen molar-refractivity contribution in [1.82, 2.24) is 0 Å². The lowest BCUT2D eigenvalue weighted by Gasteiger charge is -2.47. The first-order chi connectivity index (χ1) is 11.7. The molecule has 4 heteroatoms. The van der Waals surface area contributed by atoms with Crippen LogP contribution in [0.15, 0.2) is 0 Å². The van der Waals surface area contributed by atoms with E-state index in [2.05, 4.69) is 27.7 Å². The molecule has 0 aromatic carbocycles. The lowest BCUT2D eigenvalue weighted by atomic mass is 9.64. The van der Waals surface area contributed by atoms with Gasteiger partial charge in [0.15, 0.2) is 12.1 Å². The van der Waals surface area contributed by atoms with E-state index >= 15 is 0 Å². The Morgan fingerprint density at radius 3 is 2.00 bits per heavy atom. The Morgan fingerprint density at radius 1 is 0.880 bits per heavy atom. The second-order valence-electron chi connectivity index (χ2n) is 10.0. The van der Waals surface area contributed by atoms with Crippen LogP contribution in [-0.4, -0.2) is 38.5 Å². The molecular formula is C21H38O4. The highest BCUT2D eigenvalue weighted by Crippen LogP contribution is 2.46. The molecule has 0 spiro atoms. The predicted octanol–water partition coefficient (Wildman–Crippen LogP) is 4.76. The molecule has 0 aromatic heterocycles. The Labute approximate surface area is 153 Å². The van der Waals surface area contributed by atoms with Gasteiger partial charge in [-0.2, -0.15) is 0 Å². The fourth-order valence-electron chi connectivity index (χ4n) is 4.41. The maximum atomic E-state index is 6.12. The van der Waals surface area contributed by atoms with Crippen molar-refractivity contribution >= 4 is 0 Å². The molecule has 0 bridgehead atoms. The molecule has 3 rings (SSSR count). The first-order valence-corrected chi connectivity index (χ1v) is 10.2. The summed E-state index contributed by atoms with van der Waals surface area (Å²) in [4.78, 5) is 0. The average Bonchev–Trinajstić information content (AvgIpc) is 2.57. The van der Waals surface area contributed by atoms with Crippen molar-refractivity contribution in [2.75, 3.05) is 26.4 Å². The maximum Gasteiger partial charge on any atom is 0.165 e. The summed E-state index contributed by atoms with van der Waals surface area (Å²) in [6, 6.07) is 0. The second kappa shape index (κ2) is 7.46. The van der Waals surface area contributed by atoms with Crippen LogP contribution in [0.1, 0.15) is 73.1 Å². The van der Waals surface area contributed by atoms with Crippen molar-refractivity contribution in [1.29, 1.82) is 0 Å². The molecule has 0 radical (unpaired) electrons. The summed E-state index contributed by atoms with van der Waals surface area (Å²) in [5.74, 6) is 0.733. The largest absolute Gasteiger partial charge is 0.352 e. The van der Waals surface area contributed by atoms with Crippen LogP contribution in [0.5, 0.6) is 0 Å². The Kier molecular flexibility index (Phi) is 5.85. The van der Waals surface area contributed by atoms with Gasteiger partial charge in [0, 0.05) is 24.2 Å². The molecule has 3 fully saturated rings. The summed E-state index contributed by atoms with van der Waals surface area (Å²) >= 11 is 0. The third kappa shape index (κ3) is 4.97. The van der Waals surface area contributed by atoms with Crippen LogP contribution in [0.25, 0.3) is 0 Å². The van der Waals surface area contributed by atoms with E-state index in [9.17, 15) is 0 Å². The molecule has 146 valence electrons. The number of hydrogen-bond acceptors (Lipinski definition) is 4. The molecule has 0 aromatic rings. The second-order valence-corrected chi connectivity index (χ2v) is 10.0. The Morgan fingerprint density at radius 2 is 1.44 bits per heavy atom. The van der Waals surface area contributed by atoms with Gasteiger partial charge in [-0.3, -0.25) is 0 Å². The van der Waals surface area contributed by atoms with Crippen molar-refractivity contribution in [3.8, 4) is 0 Å². The summed E-state index contributed by atoms with van der Waals surface area (Å²) < 4.78 is 24.0. The summed E-state index contributed by atoms with van der Waals surface area (Å²) in [5, 5.41) is 0. The molecule has 0 amide bonds. The topological polar surface area (TPSA) is 36.9 Å². The zero-order chi connectivity index (χ0) is 18.1. The van der Waals surface area contributed by atoms with Gasteiger partial charge in [-0.05, 0) is 43.9 Å². The van der Waals surface area contributed by atoms with E-state index in [1.165, 1.54) is 25.7 Å². The SMILES string of the molecule is CC1COC(C)(CCC2OCC(C)(C3CCC(C)(C)CC3)CO2)OC1. The predicted molar refractivity (Wildman–Crippen MR) is 98.2 cm³/mol. The standard InChI is InChI=1S/C21H38O4/c1-16-12-24-21(5,25-13-16)11-8-18-22-14-20(4,15-23-18)17-6-9-19(2,3)10-7-17/h16-18H,6-15H2,1-5H3. The van der Waals surface area contributed by atoms with Gasteiger partial charge in [-0.25, -0.2) is 0 Å². The van der Waals surface area contributed by atoms with E-state index in [1.54, 1.807) is 0 Å². The van der Waals surface area contributed by atoms with Crippen LogP contribution in [0.3, 0.4) is 0 Å². The van der Waals surface area contributed by atoms with Gasteiger partial charge in [-0.15, -0.1) is 0 Å². The quantitative estimate of drug-likeness (QED) is 0.729. The van der Waals surface area contributed by atoms with Crippen LogP contribution in [0, 0.1) is 22.7 Å². The van der Waals surface area contributed by atoms with E-state index in [0.29, 0.717) is 11.3 Å². The van der Waals surface area contributed by atoms with E-state index in [0.717, 1.165) is 45.2 Å². The molecule has 3 aliphatic rings. The van der Waals surface area contributed by atoms with Gasteiger partial charge in [0.1, 0.15) is 0 Å². The minimum absolute atomic E-state index is 0.114.